The van der Waals surface area contributed by atoms with Gasteiger partial charge in [-0.05, 0) is 55.5 Å². The summed E-state index contributed by atoms with van der Waals surface area (Å²) in [6, 6.07) is 15.1. The van der Waals surface area contributed by atoms with Gasteiger partial charge in [0.1, 0.15) is 11.6 Å². The average molecular weight is 487 g/mol. The Balaban J connectivity index is 1.82. The van der Waals surface area contributed by atoms with E-state index >= 15 is 0 Å². The van der Waals surface area contributed by atoms with Crippen molar-refractivity contribution in [3.05, 3.63) is 54.1 Å². The van der Waals surface area contributed by atoms with Crippen LogP contribution in [0.5, 0.6) is 0 Å². The summed E-state index contributed by atoms with van der Waals surface area (Å²) < 4.78 is 5.24. The minimum absolute atomic E-state index is 0.169. The molecule has 7 nitrogen and oxygen atoms in total. The van der Waals surface area contributed by atoms with E-state index in [0.29, 0.717) is 12.3 Å². The van der Waals surface area contributed by atoms with Crippen LogP contribution < -0.4 is 10.6 Å². The molecule has 0 aliphatic heterocycles. The number of ether oxygens (including phenoxy) is 1. The Kier molecular flexibility index (Phi) is 9.98. The van der Waals surface area contributed by atoms with Crippen molar-refractivity contribution < 1.29 is 24.2 Å². The SMILES string of the molecule is CC(C)[C@H](NC(=O)CCSc1ccc(-c2ccc(CNC(=O)OC(C)(C)C)cc2)cc1)C(=O)O. The first kappa shape index (κ1) is 27.2. The minimum Gasteiger partial charge on any atom is -0.480 e. The van der Waals surface area contributed by atoms with Crippen molar-refractivity contribution in [2.75, 3.05) is 5.75 Å². The molecule has 0 aromatic heterocycles. The lowest BCUT2D eigenvalue weighted by atomic mass is 10.0. The van der Waals surface area contributed by atoms with Crippen molar-refractivity contribution in [3.63, 3.8) is 0 Å². The molecule has 0 unspecified atom stereocenters. The van der Waals surface area contributed by atoms with Crippen molar-refractivity contribution in [2.45, 2.75) is 64.1 Å². The van der Waals surface area contributed by atoms with Gasteiger partial charge in [0.05, 0.1) is 0 Å². The number of thioether (sulfide) groups is 1. The van der Waals surface area contributed by atoms with Gasteiger partial charge in [-0.25, -0.2) is 9.59 Å². The van der Waals surface area contributed by atoms with Crippen molar-refractivity contribution >= 4 is 29.7 Å². The van der Waals surface area contributed by atoms with Crippen molar-refractivity contribution in [1.82, 2.24) is 10.6 Å². The predicted molar refractivity (Wildman–Crippen MR) is 135 cm³/mol. The Morgan fingerprint density at radius 1 is 0.971 bits per heavy atom. The molecule has 0 heterocycles. The first-order valence-electron chi connectivity index (χ1n) is 11.3. The molecular weight excluding hydrogens is 452 g/mol. The Morgan fingerprint density at radius 2 is 1.53 bits per heavy atom. The molecule has 184 valence electrons. The summed E-state index contributed by atoms with van der Waals surface area (Å²) in [6.07, 6.45) is -0.189. The highest BCUT2D eigenvalue weighted by molar-refractivity contribution is 7.99. The predicted octanol–water partition coefficient (Wildman–Crippen LogP) is 5.09. The normalized spacial score (nSPS) is 12.2. The van der Waals surface area contributed by atoms with Crippen LogP contribution in [0.4, 0.5) is 4.79 Å². The first-order valence-corrected chi connectivity index (χ1v) is 12.2. The summed E-state index contributed by atoms with van der Waals surface area (Å²) in [7, 11) is 0. The maximum atomic E-state index is 12.0. The molecule has 0 fully saturated rings. The number of carboxylic acid groups (broad SMARTS) is 1. The average Bonchev–Trinajstić information content (AvgIpc) is 2.75. The molecule has 8 heteroatoms. The molecule has 34 heavy (non-hydrogen) atoms. The quantitative estimate of drug-likeness (QED) is 0.404. The third-order valence-corrected chi connectivity index (χ3v) is 5.84. The van der Waals surface area contributed by atoms with Gasteiger partial charge >= 0.3 is 12.1 Å². The number of carbonyl (C=O) groups is 3. The summed E-state index contributed by atoms with van der Waals surface area (Å²) in [4.78, 5) is 36.1. The number of hydrogen-bond acceptors (Lipinski definition) is 5. The van der Waals surface area contributed by atoms with Gasteiger partial charge in [0.15, 0.2) is 0 Å². The zero-order valence-electron chi connectivity index (χ0n) is 20.4. The molecule has 0 aliphatic carbocycles. The lowest BCUT2D eigenvalue weighted by molar-refractivity contribution is -0.143. The highest BCUT2D eigenvalue weighted by atomic mass is 32.2. The second kappa shape index (κ2) is 12.5. The zero-order chi connectivity index (χ0) is 25.3. The summed E-state index contributed by atoms with van der Waals surface area (Å²) in [5.41, 5.74) is 2.57. The zero-order valence-corrected chi connectivity index (χ0v) is 21.2. The molecular formula is C26H34N2O5S. The molecule has 3 N–H and O–H groups in total. The van der Waals surface area contributed by atoms with Crippen LogP contribution >= 0.6 is 11.8 Å². The molecule has 2 rings (SSSR count). The van der Waals surface area contributed by atoms with Crippen LogP contribution in [0.2, 0.25) is 0 Å². The number of nitrogens with one attached hydrogen (secondary N) is 2. The monoisotopic (exact) mass is 486 g/mol. The largest absolute Gasteiger partial charge is 0.480 e. The van der Waals surface area contributed by atoms with Gasteiger partial charge < -0.3 is 20.5 Å². The van der Waals surface area contributed by atoms with E-state index in [1.807, 2.05) is 69.3 Å². The molecule has 0 bridgehead atoms. The lowest BCUT2D eigenvalue weighted by Gasteiger charge is -2.19. The van der Waals surface area contributed by atoms with Crippen LogP contribution in [0.1, 0.15) is 46.6 Å². The van der Waals surface area contributed by atoms with Crippen LogP contribution in [0, 0.1) is 5.92 Å². The molecule has 0 spiro atoms. The summed E-state index contributed by atoms with van der Waals surface area (Å²) in [6.45, 7) is 9.40. The molecule has 0 saturated heterocycles. The third kappa shape index (κ3) is 9.47. The summed E-state index contributed by atoms with van der Waals surface area (Å²) in [5, 5.41) is 14.5. The van der Waals surface area contributed by atoms with E-state index in [9.17, 15) is 19.5 Å². The second-order valence-electron chi connectivity index (χ2n) is 9.30. The van der Waals surface area contributed by atoms with Crippen LogP contribution in [-0.4, -0.2) is 40.5 Å². The van der Waals surface area contributed by atoms with E-state index in [0.717, 1.165) is 21.6 Å². The fourth-order valence-electron chi connectivity index (χ4n) is 3.07. The Hall–Kier alpha value is -3.00. The molecule has 2 aromatic carbocycles. The molecule has 0 radical (unpaired) electrons. The van der Waals surface area contributed by atoms with E-state index in [4.69, 9.17) is 4.74 Å². The smallest absolute Gasteiger partial charge is 0.407 e. The molecule has 2 aromatic rings. The van der Waals surface area contributed by atoms with Crippen LogP contribution in [0.3, 0.4) is 0 Å². The van der Waals surface area contributed by atoms with Crippen LogP contribution in [-0.2, 0) is 20.9 Å². The van der Waals surface area contributed by atoms with Gasteiger partial charge in [0.2, 0.25) is 5.91 Å². The molecule has 0 saturated carbocycles. The Labute approximate surface area is 205 Å². The second-order valence-corrected chi connectivity index (χ2v) is 10.5. The minimum atomic E-state index is -1.01. The first-order chi connectivity index (χ1) is 15.9. The highest BCUT2D eigenvalue weighted by Crippen LogP contribution is 2.25. The summed E-state index contributed by atoms with van der Waals surface area (Å²) in [5.74, 6) is -0.878. The molecule has 1 atom stereocenters. The number of benzene rings is 2. The van der Waals surface area contributed by atoms with Gasteiger partial charge in [0, 0.05) is 23.6 Å². The van der Waals surface area contributed by atoms with Gasteiger partial charge in [-0.2, -0.15) is 0 Å². The van der Waals surface area contributed by atoms with Crippen molar-refractivity contribution in [1.29, 1.82) is 0 Å². The fourth-order valence-corrected chi connectivity index (χ4v) is 3.92. The Bertz CT molecular complexity index is 966. The summed E-state index contributed by atoms with van der Waals surface area (Å²) >= 11 is 1.55. The molecule has 2 amide bonds. The van der Waals surface area contributed by atoms with Crippen LogP contribution in [0.15, 0.2) is 53.4 Å². The third-order valence-electron chi connectivity index (χ3n) is 4.82. The number of aliphatic carboxylic acids is 1. The van der Waals surface area contributed by atoms with Crippen LogP contribution in [0.25, 0.3) is 11.1 Å². The van der Waals surface area contributed by atoms with E-state index in [-0.39, 0.29) is 18.2 Å². The maximum Gasteiger partial charge on any atom is 0.407 e. The van der Waals surface area contributed by atoms with Crippen molar-refractivity contribution in [2.24, 2.45) is 5.92 Å². The van der Waals surface area contributed by atoms with Gasteiger partial charge in [0.25, 0.3) is 0 Å². The topological polar surface area (TPSA) is 105 Å². The highest BCUT2D eigenvalue weighted by Gasteiger charge is 2.23. The number of carbonyl (C=O) groups excluding carboxylic acids is 2. The van der Waals surface area contributed by atoms with Crippen molar-refractivity contribution in [3.8, 4) is 11.1 Å². The van der Waals surface area contributed by atoms with Gasteiger partial charge in [-0.3, -0.25) is 4.79 Å². The van der Waals surface area contributed by atoms with Gasteiger partial charge in [-0.1, -0.05) is 50.2 Å². The van der Waals surface area contributed by atoms with E-state index < -0.39 is 23.7 Å². The number of alkyl carbamates (subject to hydrolysis) is 1. The van der Waals surface area contributed by atoms with E-state index in [1.165, 1.54) is 0 Å². The number of hydrogen-bond donors (Lipinski definition) is 3. The number of amides is 2. The standard InChI is InChI=1S/C26H34N2O5S/c1-17(2)23(24(30)31)28-22(29)14-15-34-21-12-10-20(11-13-21)19-8-6-18(7-9-19)16-27-25(32)33-26(3,4)5/h6-13,17,23H,14-16H2,1-5H3,(H,27,32)(H,28,29)(H,30,31)/t23-/m0/s1. The number of carboxylic acids is 1. The fraction of sp³-hybridized carbons (Fsp3) is 0.423. The maximum absolute atomic E-state index is 12.0. The number of rotatable bonds is 10. The lowest BCUT2D eigenvalue weighted by Crippen LogP contribution is -2.44. The van der Waals surface area contributed by atoms with E-state index in [1.54, 1.807) is 25.6 Å². The Morgan fingerprint density at radius 3 is 2.03 bits per heavy atom. The van der Waals surface area contributed by atoms with Gasteiger partial charge in [-0.15, -0.1) is 11.8 Å². The molecule has 0 aliphatic rings. The van der Waals surface area contributed by atoms with E-state index in [2.05, 4.69) is 10.6 Å².